The van der Waals surface area contributed by atoms with Gasteiger partial charge < -0.3 is 0 Å². The summed E-state index contributed by atoms with van der Waals surface area (Å²) in [6.07, 6.45) is 0.432. The Morgan fingerprint density at radius 3 is 2.40 bits per heavy atom. The van der Waals surface area contributed by atoms with Crippen LogP contribution in [0.25, 0.3) is 0 Å². The molecule has 0 aliphatic rings. The van der Waals surface area contributed by atoms with E-state index in [0.717, 1.165) is 12.1 Å². The fourth-order valence-corrected chi connectivity index (χ4v) is 3.00. The zero-order valence-electron chi connectivity index (χ0n) is 7.71. The van der Waals surface area contributed by atoms with Crippen LogP contribution < -0.4 is 0 Å². The van der Waals surface area contributed by atoms with Crippen LogP contribution in [0.15, 0.2) is 23.1 Å². The summed E-state index contributed by atoms with van der Waals surface area (Å²) in [5, 5.41) is 0.551. The molecule has 1 rings (SSSR count). The molecule has 0 heterocycles. The smallest absolute Gasteiger partial charge is 0.178 e. The molecule has 0 aliphatic carbocycles. The Hall–Kier alpha value is -0.490. The van der Waals surface area contributed by atoms with Gasteiger partial charge in [0.1, 0.15) is 0 Å². The van der Waals surface area contributed by atoms with Gasteiger partial charge in [-0.05, 0) is 24.6 Å². The Morgan fingerprint density at radius 1 is 1.20 bits per heavy atom. The van der Waals surface area contributed by atoms with E-state index in [4.69, 9.17) is 0 Å². The van der Waals surface area contributed by atoms with E-state index in [1.165, 1.54) is 0 Å². The van der Waals surface area contributed by atoms with E-state index in [-0.39, 0.29) is 10.6 Å². The SMILES string of the molecule is O=S(=O)(CCCBr)c1ccc(F)c(F)c1. The minimum absolute atomic E-state index is 0.0800. The first-order valence-corrected chi connectivity index (χ1v) is 6.98. The maximum atomic E-state index is 12.8. The minimum Gasteiger partial charge on any atom is -0.224 e. The Balaban J connectivity index is 3.00. The highest BCUT2D eigenvalue weighted by atomic mass is 79.9. The topological polar surface area (TPSA) is 34.1 Å². The van der Waals surface area contributed by atoms with Gasteiger partial charge in [0, 0.05) is 5.33 Å². The second kappa shape index (κ2) is 5.03. The second-order valence-corrected chi connectivity index (χ2v) is 5.84. The summed E-state index contributed by atoms with van der Waals surface area (Å²) < 4.78 is 48.4. The molecule has 2 nitrogen and oxygen atoms in total. The average molecular weight is 299 g/mol. The third-order valence-corrected chi connectivity index (χ3v) is 4.16. The number of rotatable bonds is 4. The Labute approximate surface area is 95.4 Å². The van der Waals surface area contributed by atoms with Crippen molar-refractivity contribution in [2.45, 2.75) is 11.3 Å². The molecule has 6 heteroatoms. The van der Waals surface area contributed by atoms with Crippen molar-refractivity contribution in [2.24, 2.45) is 0 Å². The van der Waals surface area contributed by atoms with Crippen molar-refractivity contribution in [3.8, 4) is 0 Å². The van der Waals surface area contributed by atoms with Gasteiger partial charge in [-0.2, -0.15) is 0 Å². The van der Waals surface area contributed by atoms with E-state index in [9.17, 15) is 17.2 Å². The fourth-order valence-electron chi connectivity index (χ4n) is 1.03. The maximum Gasteiger partial charge on any atom is 0.178 e. The summed E-state index contributed by atoms with van der Waals surface area (Å²) in [6.45, 7) is 0. The first-order valence-electron chi connectivity index (χ1n) is 4.21. The third-order valence-electron chi connectivity index (χ3n) is 1.80. The molecule has 0 saturated heterocycles. The quantitative estimate of drug-likeness (QED) is 0.632. The van der Waals surface area contributed by atoms with Crippen molar-refractivity contribution in [3.05, 3.63) is 29.8 Å². The van der Waals surface area contributed by atoms with Gasteiger partial charge in [-0.15, -0.1) is 0 Å². The molecule has 0 fully saturated rings. The molecule has 84 valence electrons. The highest BCUT2D eigenvalue weighted by molar-refractivity contribution is 9.09. The fraction of sp³-hybridized carbons (Fsp3) is 0.333. The lowest BCUT2D eigenvalue weighted by Crippen LogP contribution is -2.07. The molecule has 15 heavy (non-hydrogen) atoms. The van der Waals surface area contributed by atoms with Crippen LogP contribution >= 0.6 is 15.9 Å². The molecule has 1 aromatic carbocycles. The molecule has 0 bridgehead atoms. The van der Waals surface area contributed by atoms with Gasteiger partial charge in [0.25, 0.3) is 0 Å². The van der Waals surface area contributed by atoms with Crippen molar-refractivity contribution < 1.29 is 17.2 Å². The summed E-state index contributed by atoms with van der Waals surface area (Å²) in [5.74, 6) is -2.27. The van der Waals surface area contributed by atoms with Gasteiger partial charge in [0.15, 0.2) is 21.5 Å². The molecule has 0 aromatic heterocycles. The molecule has 0 atom stereocenters. The van der Waals surface area contributed by atoms with Crippen molar-refractivity contribution in [2.75, 3.05) is 11.1 Å². The van der Waals surface area contributed by atoms with E-state index in [1.807, 2.05) is 0 Å². The van der Waals surface area contributed by atoms with E-state index < -0.39 is 21.5 Å². The normalized spacial score (nSPS) is 11.7. The Morgan fingerprint density at radius 2 is 1.87 bits per heavy atom. The molecule has 0 spiro atoms. The average Bonchev–Trinajstić information content (AvgIpc) is 2.19. The summed E-state index contributed by atoms with van der Waals surface area (Å²) in [6, 6.07) is 2.59. The number of benzene rings is 1. The van der Waals surface area contributed by atoms with Gasteiger partial charge in [-0.25, -0.2) is 17.2 Å². The highest BCUT2D eigenvalue weighted by Gasteiger charge is 2.15. The van der Waals surface area contributed by atoms with E-state index in [2.05, 4.69) is 15.9 Å². The van der Waals surface area contributed by atoms with Crippen LogP contribution in [0.2, 0.25) is 0 Å². The van der Waals surface area contributed by atoms with Gasteiger partial charge in [-0.1, -0.05) is 15.9 Å². The van der Waals surface area contributed by atoms with Crippen molar-refractivity contribution in [3.63, 3.8) is 0 Å². The molecule has 0 unspecified atom stereocenters. The monoisotopic (exact) mass is 298 g/mol. The zero-order valence-corrected chi connectivity index (χ0v) is 10.1. The standard InChI is InChI=1S/C9H9BrF2O2S/c10-4-1-5-15(13,14)7-2-3-8(11)9(12)6-7/h2-3,6H,1,4-5H2. The lowest BCUT2D eigenvalue weighted by molar-refractivity contribution is 0.504. The molecular formula is C9H9BrF2O2S. The molecular weight excluding hydrogens is 290 g/mol. The lowest BCUT2D eigenvalue weighted by Gasteiger charge is -2.03. The number of sulfone groups is 1. The van der Waals surface area contributed by atoms with Gasteiger partial charge in [0.2, 0.25) is 0 Å². The number of halogens is 3. The Kier molecular flexibility index (Phi) is 4.21. The zero-order chi connectivity index (χ0) is 11.5. The van der Waals surface area contributed by atoms with Crippen LogP contribution in [0.4, 0.5) is 8.78 Å². The first kappa shape index (κ1) is 12.6. The highest BCUT2D eigenvalue weighted by Crippen LogP contribution is 2.16. The third kappa shape index (κ3) is 3.24. The molecule has 0 radical (unpaired) electrons. The van der Waals surface area contributed by atoms with E-state index in [1.54, 1.807) is 0 Å². The predicted molar refractivity (Wildman–Crippen MR) is 56.8 cm³/mol. The number of hydrogen-bond donors (Lipinski definition) is 0. The summed E-state index contributed by atoms with van der Waals surface area (Å²) in [5.41, 5.74) is 0. The van der Waals surface area contributed by atoms with Crippen LogP contribution in [-0.4, -0.2) is 19.5 Å². The minimum atomic E-state index is -3.50. The summed E-state index contributed by atoms with van der Waals surface area (Å²) in [4.78, 5) is -0.178. The second-order valence-electron chi connectivity index (χ2n) is 2.94. The molecule has 1 aromatic rings. The number of hydrogen-bond acceptors (Lipinski definition) is 2. The number of alkyl halides is 1. The van der Waals surface area contributed by atoms with Gasteiger partial charge >= 0.3 is 0 Å². The predicted octanol–water partition coefficient (Wildman–Crippen LogP) is 2.52. The van der Waals surface area contributed by atoms with Gasteiger partial charge in [-0.3, -0.25) is 0 Å². The van der Waals surface area contributed by atoms with Crippen LogP contribution in [0.1, 0.15) is 6.42 Å². The van der Waals surface area contributed by atoms with Gasteiger partial charge in [0.05, 0.1) is 10.6 Å². The van der Waals surface area contributed by atoms with Crippen molar-refractivity contribution in [1.82, 2.24) is 0 Å². The largest absolute Gasteiger partial charge is 0.224 e. The molecule has 0 N–H and O–H groups in total. The molecule has 0 aliphatic heterocycles. The molecule has 0 saturated carbocycles. The lowest BCUT2D eigenvalue weighted by atomic mass is 10.3. The van der Waals surface area contributed by atoms with E-state index in [0.29, 0.717) is 17.8 Å². The summed E-state index contributed by atoms with van der Waals surface area (Å²) in [7, 11) is -3.50. The molecule has 0 amide bonds. The maximum absolute atomic E-state index is 12.8. The van der Waals surface area contributed by atoms with Crippen LogP contribution in [0.3, 0.4) is 0 Å². The van der Waals surface area contributed by atoms with Crippen molar-refractivity contribution >= 4 is 25.8 Å². The van der Waals surface area contributed by atoms with Crippen molar-refractivity contribution in [1.29, 1.82) is 0 Å². The van der Waals surface area contributed by atoms with Crippen LogP contribution in [-0.2, 0) is 9.84 Å². The van der Waals surface area contributed by atoms with E-state index >= 15 is 0 Å². The Bertz CT molecular complexity index is 445. The van der Waals surface area contributed by atoms with Crippen LogP contribution in [0, 0.1) is 11.6 Å². The van der Waals surface area contributed by atoms with Crippen LogP contribution in [0.5, 0.6) is 0 Å². The summed E-state index contributed by atoms with van der Waals surface area (Å²) >= 11 is 3.10. The first-order chi connectivity index (χ1) is 6.97.